The summed E-state index contributed by atoms with van der Waals surface area (Å²) < 4.78 is 7.08. The van der Waals surface area contributed by atoms with Gasteiger partial charge in [-0.2, -0.15) is 0 Å². The Kier molecular flexibility index (Phi) is 7.23. The van der Waals surface area contributed by atoms with Crippen molar-refractivity contribution in [3.8, 4) is 5.69 Å². The molecule has 0 saturated carbocycles. The monoisotopic (exact) mass is 531 g/mol. The number of amides is 1. The van der Waals surface area contributed by atoms with Crippen LogP contribution in [0.2, 0.25) is 5.02 Å². The molecule has 5 rings (SSSR count). The van der Waals surface area contributed by atoms with Crippen LogP contribution < -0.4 is 15.5 Å². The SMILES string of the molecule is COCC(=O)Nc1ccc(N2C(=S)N[C@@H](c3ccccn3)[C@@H]2c2cccn2-c2cccc(C)c2)cc1Cl. The lowest BCUT2D eigenvalue weighted by Gasteiger charge is -2.29. The van der Waals surface area contributed by atoms with E-state index >= 15 is 0 Å². The minimum Gasteiger partial charge on any atom is -0.375 e. The zero-order chi connectivity index (χ0) is 25.9. The van der Waals surface area contributed by atoms with Gasteiger partial charge in [0.2, 0.25) is 5.91 Å². The number of nitrogens with one attached hydrogen (secondary N) is 2. The van der Waals surface area contributed by atoms with E-state index in [0.29, 0.717) is 15.8 Å². The molecule has 4 aromatic rings. The molecular formula is C28H26ClN5O2S. The van der Waals surface area contributed by atoms with Crippen LogP contribution in [0, 0.1) is 6.92 Å². The number of thiocarbonyl (C=S) groups is 1. The van der Waals surface area contributed by atoms with Crippen molar-refractivity contribution < 1.29 is 9.53 Å². The molecule has 1 amide bonds. The molecule has 3 heterocycles. The number of aryl methyl sites for hydroxylation is 1. The Hall–Kier alpha value is -3.72. The Morgan fingerprint density at radius 3 is 2.70 bits per heavy atom. The molecule has 37 heavy (non-hydrogen) atoms. The maximum Gasteiger partial charge on any atom is 0.250 e. The molecule has 7 nitrogen and oxygen atoms in total. The largest absolute Gasteiger partial charge is 0.375 e. The number of anilines is 2. The number of carbonyl (C=O) groups excluding carboxylic acids is 1. The van der Waals surface area contributed by atoms with Gasteiger partial charge in [0.1, 0.15) is 12.6 Å². The zero-order valence-electron chi connectivity index (χ0n) is 20.4. The van der Waals surface area contributed by atoms with Crippen molar-refractivity contribution in [2.45, 2.75) is 19.0 Å². The Morgan fingerprint density at radius 1 is 1.11 bits per heavy atom. The van der Waals surface area contributed by atoms with Gasteiger partial charge in [0, 0.05) is 36.6 Å². The molecule has 9 heteroatoms. The summed E-state index contributed by atoms with van der Waals surface area (Å²) in [7, 11) is 1.47. The van der Waals surface area contributed by atoms with Gasteiger partial charge in [0.25, 0.3) is 0 Å². The Balaban J connectivity index is 1.59. The second-order valence-electron chi connectivity index (χ2n) is 8.78. The number of carbonyl (C=O) groups is 1. The second-order valence-corrected chi connectivity index (χ2v) is 9.58. The maximum atomic E-state index is 12.0. The number of benzene rings is 2. The first-order valence-corrected chi connectivity index (χ1v) is 12.6. The Bertz CT molecular complexity index is 1440. The van der Waals surface area contributed by atoms with Crippen LogP contribution in [0.25, 0.3) is 5.69 Å². The Labute approximate surface area is 226 Å². The van der Waals surface area contributed by atoms with E-state index in [1.165, 1.54) is 12.7 Å². The lowest BCUT2D eigenvalue weighted by Crippen LogP contribution is -2.30. The van der Waals surface area contributed by atoms with Crippen molar-refractivity contribution in [1.82, 2.24) is 14.9 Å². The van der Waals surface area contributed by atoms with E-state index in [4.69, 9.17) is 28.6 Å². The summed E-state index contributed by atoms with van der Waals surface area (Å²) in [5, 5.41) is 7.22. The molecule has 2 atom stereocenters. The third-order valence-corrected chi connectivity index (χ3v) is 6.87. The van der Waals surface area contributed by atoms with E-state index in [2.05, 4.69) is 68.5 Å². The number of hydrogen-bond donors (Lipinski definition) is 2. The topological polar surface area (TPSA) is 71.4 Å². The summed E-state index contributed by atoms with van der Waals surface area (Å²) in [6.45, 7) is 2.03. The van der Waals surface area contributed by atoms with Crippen molar-refractivity contribution in [3.05, 3.63) is 107 Å². The van der Waals surface area contributed by atoms with Gasteiger partial charge < -0.3 is 24.8 Å². The predicted octanol–water partition coefficient (Wildman–Crippen LogP) is 5.60. The van der Waals surface area contributed by atoms with Crippen molar-refractivity contribution in [3.63, 3.8) is 0 Å². The quantitative estimate of drug-likeness (QED) is 0.303. The van der Waals surface area contributed by atoms with Crippen LogP contribution >= 0.6 is 23.8 Å². The number of ether oxygens (including phenoxy) is 1. The van der Waals surface area contributed by atoms with Crippen LogP contribution in [0.3, 0.4) is 0 Å². The Morgan fingerprint density at radius 2 is 1.97 bits per heavy atom. The first-order chi connectivity index (χ1) is 18.0. The van der Waals surface area contributed by atoms with E-state index in [1.807, 2.05) is 36.4 Å². The summed E-state index contributed by atoms with van der Waals surface area (Å²) >= 11 is 12.5. The number of methoxy groups -OCH3 is 1. The molecule has 1 aliphatic rings. The highest BCUT2D eigenvalue weighted by molar-refractivity contribution is 7.80. The van der Waals surface area contributed by atoms with Gasteiger partial charge in [-0.3, -0.25) is 9.78 Å². The van der Waals surface area contributed by atoms with E-state index in [9.17, 15) is 4.79 Å². The van der Waals surface area contributed by atoms with Gasteiger partial charge in [0.05, 0.1) is 22.4 Å². The average Bonchev–Trinajstić information content (AvgIpc) is 3.50. The fourth-order valence-electron chi connectivity index (χ4n) is 4.65. The number of aromatic nitrogens is 2. The highest BCUT2D eigenvalue weighted by Gasteiger charge is 2.42. The van der Waals surface area contributed by atoms with E-state index in [0.717, 1.165) is 22.8 Å². The number of nitrogens with zero attached hydrogens (tertiary/aromatic N) is 3. The van der Waals surface area contributed by atoms with E-state index in [-0.39, 0.29) is 24.6 Å². The molecule has 0 aliphatic carbocycles. The van der Waals surface area contributed by atoms with E-state index in [1.54, 1.807) is 12.3 Å². The molecule has 1 saturated heterocycles. The first kappa shape index (κ1) is 25.0. The summed E-state index contributed by atoms with van der Waals surface area (Å²) in [4.78, 5) is 18.7. The van der Waals surface area contributed by atoms with Crippen LogP contribution in [0.15, 0.2) is 85.2 Å². The van der Waals surface area contributed by atoms with Gasteiger partial charge in [-0.1, -0.05) is 29.8 Å². The number of halogens is 1. The normalized spacial score (nSPS) is 17.1. The van der Waals surface area contributed by atoms with Crippen molar-refractivity contribution in [2.75, 3.05) is 23.9 Å². The molecule has 0 radical (unpaired) electrons. The van der Waals surface area contributed by atoms with Crippen molar-refractivity contribution >= 4 is 46.2 Å². The van der Waals surface area contributed by atoms with Gasteiger partial charge in [-0.15, -0.1) is 0 Å². The average molecular weight is 532 g/mol. The molecule has 0 bridgehead atoms. The fourth-order valence-corrected chi connectivity index (χ4v) is 5.22. The molecule has 1 aliphatic heterocycles. The molecule has 0 unspecified atom stereocenters. The molecule has 2 aromatic heterocycles. The number of hydrogen-bond acceptors (Lipinski definition) is 4. The van der Waals surface area contributed by atoms with Gasteiger partial charge in [-0.05, 0) is 79.3 Å². The maximum absolute atomic E-state index is 12.0. The number of pyridine rings is 1. The molecule has 0 spiro atoms. The second kappa shape index (κ2) is 10.7. The van der Waals surface area contributed by atoms with Crippen molar-refractivity contribution in [2.24, 2.45) is 0 Å². The highest BCUT2D eigenvalue weighted by Crippen LogP contribution is 2.43. The van der Waals surface area contributed by atoms with E-state index < -0.39 is 0 Å². The lowest BCUT2D eigenvalue weighted by molar-refractivity contribution is -0.119. The van der Waals surface area contributed by atoms with Crippen LogP contribution in [-0.4, -0.2) is 34.3 Å². The van der Waals surface area contributed by atoms with Crippen molar-refractivity contribution in [1.29, 1.82) is 0 Å². The van der Waals surface area contributed by atoms with Crippen LogP contribution in [0.4, 0.5) is 11.4 Å². The van der Waals surface area contributed by atoms with Crippen LogP contribution in [-0.2, 0) is 9.53 Å². The minimum absolute atomic E-state index is 0.0536. The molecule has 2 N–H and O–H groups in total. The summed E-state index contributed by atoms with van der Waals surface area (Å²) in [5.74, 6) is -0.278. The third kappa shape index (κ3) is 5.09. The standard InChI is InChI=1S/C28H26ClN5O2S/c1-18-7-5-8-19(15-18)33-14-6-10-24(33)27-26(23-9-3-4-13-30-23)32-28(37)34(27)20-11-12-22(21(29)16-20)31-25(35)17-36-2/h3-16,26-27H,17H2,1-2H3,(H,31,35)(H,32,37)/t26-,27-/m0/s1. The molecule has 2 aromatic carbocycles. The minimum atomic E-state index is -0.278. The van der Waals surface area contributed by atoms with Gasteiger partial charge in [0.15, 0.2) is 5.11 Å². The highest BCUT2D eigenvalue weighted by atomic mass is 35.5. The third-order valence-electron chi connectivity index (χ3n) is 6.24. The van der Waals surface area contributed by atoms with Gasteiger partial charge >= 0.3 is 0 Å². The fraction of sp³-hybridized carbons (Fsp3) is 0.179. The predicted molar refractivity (Wildman–Crippen MR) is 150 cm³/mol. The summed E-state index contributed by atoms with van der Waals surface area (Å²) in [6, 6.07) is 23.4. The van der Waals surface area contributed by atoms with Crippen LogP contribution in [0.5, 0.6) is 0 Å². The number of rotatable bonds is 7. The van der Waals surface area contributed by atoms with Gasteiger partial charge in [-0.25, -0.2) is 0 Å². The lowest BCUT2D eigenvalue weighted by atomic mass is 10.0. The molecular weight excluding hydrogens is 506 g/mol. The molecule has 1 fully saturated rings. The molecule has 188 valence electrons. The smallest absolute Gasteiger partial charge is 0.250 e. The van der Waals surface area contributed by atoms with Crippen LogP contribution in [0.1, 0.15) is 29.0 Å². The summed E-state index contributed by atoms with van der Waals surface area (Å²) in [6.07, 6.45) is 3.84. The summed E-state index contributed by atoms with van der Waals surface area (Å²) in [5.41, 5.74) is 5.46. The zero-order valence-corrected chi connectivity index (χ0v) is 22.0. The first-order valence-electron chi connectivity index (χ1n) is 11.8.